The van der Waals surface area contributed by atoms with Gasteiger partial charge in [0.05, 0.1) is 5.02 Å². The molecule has 1 N–H and O–H groups in total. The van der Waals surface area contributed by atoms with Gasteiger partial charge in [0.2, 0.25) is 15.9 Å². The van der Waals surface area contributed by atoms with Gasteiger partial charge in [-0.15, -0.1) is 0 Å². The SMILES string of the molecule is CN(C)S(=O)(=O)c1cc(C(=O)NCCN2CCCCCC2=O)ccc1Cl. The minimum atomic E-state index is -3.74. The maximum absolute atomic E-state index is 12.3. The number of amides is 2. The van der Waals surface area contributed by atoms with Crippen molar-refractivity contribution in [1.29, 1.82) is 0 Å². The molecule has 0 aromatic heterocycles. The third-order valence-electron chi connectivity index (χ3n) is 4.29. The second-order valence-corrected chi connectivity index (χ2v) is 8.91. The molecule has 1 aliphatic rings. The van der Waals surface area contributed by atoms with E-state index in [0.717, 1.165) is 23.6 Å². The van der Waals surface area contributed by atoms with Gasteiger partial charge in [-0.2, -0.15) is 0 Å². The van der Waals surface area contributed by atoms with E-state index in [4.69, 9.17) is 11.6 Å². The van der Waals surface area contributed by atoms with Crippen molar-refractivity contribution in [3.8, 4) is 0 Å². The van der Waals surface area contributed by atoms with Gasteiger partial charge in [0, 0.05) is 45.7 Å². The summed E-state index contributed by atoms with van der Waals surface area (Å²) in [6.45, 7) is 1.46. The molecule has 1 fully saturated rings. The molecule has 0 radical (unpaired) electrons. The van der Waals surface area contributed by atoms with E-state index in [1.165, 1.54) is 32.3 Å². The van der Waals surface area contributed by atoms with Gasteiger partial charge in [0.15, 0.2) is 0 Å². The molecular weight excluding hydrogens is 378 g/mol. The molecule has 0 saturated carbocycles. The molecule has 1 saturated heterocycles. The predicted molar refractivity (Wildman–Crippen MR) is 99.7 cm³/mol. The zero-order valence-electron chi connectivity index (χ0n) is 15.0. The Morgan fingerprint density at radius 3 is 2.69 bits per heavy atom. The van der Waals surface area contributed by atoms with Crippen LogP contribution < -0.4 is 5.32 Å². The highest BCUT2D eigenvalue weighted by atomic mass is 35.5. The maximum Gasteiger partial charge on any atom is 0.251 e. The number of benzene rings is 1. The smallest absolute Gasteiger partial charge is 0.251 e. The zero-order valence-corrected chi connectivity index (χ0v) is 16.6. The molecule has 0 bridgehead atoms. The minimum absolute atomic E-state index is 0.0606. The van der Waals surface area contributed by atoms with Gasteiger partial charge >= 0.3 is 0 Å². The zero-order chi connectivity index (χ0) is 19.3. The molecular formula is C17H24ClN3O4S. The largest absolute Gasteiger partial charge is 0.350 e. The van der Waals surface area contributed by atoms with Crippen LogP contribution in [0.2, 0.25) is 5.02 Å². The lowest BCUT2D eigenvalue weighted by Crippen LogP contribution is -2.38. The summed E-state index contributed by atoms with van der Waals surface area (Å²) in [5.74, 6) is -0.290. The normalized spacial score (nSPS) is 15.8. The predicted octanol–water partition coefficient (Wildman–Crippen LogP) is 1.72. The van der Waals surface area contributed by atoms with Gasteiger partial charge in [0.25, 0.3) is 5.91 Å². The number of nitrogens with zero attached hydrogens (tertiary/aromatic N) is 2. The summed E-state index contributed by atoms with van der Waals surface area (Å²) in [7, 11) is -0.945. The van der Waals surface area contributed by atoms with Gasteiger partial charge in [-0.1, -0.05) is 18.0 Å². The molecule has 7 nitrogen and oxygen atoms in total. The van der Waals surface area contributed by atoms with Crippen molar-refractivity contribution in [3.05, 3.63) is 28.8 Å². The first-order valence-electron chi connectivity index (χ1n) is 8.51. The molecule has 26 heavy (non-hydrogen) atoms. The van der Waals surface area contributed by atoms with Crippen molar-refractivity contribution < 1.29 is 18.0 Å². The molecule has 1 aromatic rings. The molecule has 144 valence electrons. The maximum atomic E-state index is 12.3. The van der Waals surface area contributed by atoms with Crippen LogP contribution in [0.4, 0.5) is 0 Å². The van der Waals surface area contributed by atoms with Crippen LogP contribution in [0.25, 0.3) is 0 Å². The van der Waals surface area contributed by atoms with E-state index in [0.29, 0.717) is 26.1 Å². The first-order chi connectivity index (χ1) is 12.2. The Balaban J connectivity index is 2.02. The van der Waals surface area contributed by atoms with Crippen LogP contribution in [-0.4, -0.2) is 63.2 Å². The van der Waals surface area contributed by atoms with Crippen LogP contribution in [0, 0.1) is 0 Å². The van der Waals surface area contributed by atoms with Gasteiger partial charge < -0.3 is 10.2 Å². The van der Waals surface area contributed by atoms with Crippen LogP contribution in [0.5, 0.6) is 0 Å². The van der Waals surface area contributed by atoms with E-state index in [9.17, 15) is 18.0 Å². The third kappa shape index (κ3) is 4.96. The van der Waals surface area contributed by atoms with E-state index in [1.807, 2.05) is 0 Å². The number of rotatable bonds is 6. The van der Waals surface area contributed by atoms with Crippen molar-refractivity contribution >= 4 is 33.4 Å². The second-order valence-electron chi connectivity index (χ2n) is 6.38. The first kappa shape index (κ1) is 20.7. The van der Waals surface area contributed by atoms with Crippen molar-refractivity contribution in [1.82, 2.24) is 14.5 Å². The van der Waals surface area contributed by atoms with Gasteiger partial charge in [0.1, 0.15) is 4.90 Å². The van der Waals surface area contributed by atoms with E-state index in [2.05, 4.69) is 5.32 Å². The summed E-state index contributed by atoms with van der Waals surface area (Å²) in [6, 6.07) is 4.14. The standard InChI is InChI=1S/C17H24ClN3O4S/c1-20(2)26(24,25)15-12-13(7-8-14(15)18)17(23)19-9-11-21-10-5-3-4-6-16(21)22/h7-8,12H,3-6,9-11H2,1-2H3,(H,19,23). The molecule has 9 heteroatoms. The second kappa shape index (κ2) is 8.83. The lowest BCUT2D eigenvalue weighted by molar-refractivity contribution is -0.130. The summed E-state index contributed by atoms with van der Waals surface area (Å²) in [4.78, 5) is 25.9. The van der Waals surface area contributed by atoms with Crippen LogP contribution in [-0.2, 0) is 14.8 Å². The Labute approximate surface area is 159 Å². The fraction of sp³-hybridized carbons (Fsp3) is 0.529. The van der Waals surface area contributed by atoms with E-state index >= 15 is 0 Å². The number of sulfonamides is 1. The summed E-state index contributed by atoms with van der Waals surface area (Å²) in [5.41, 5.74) is 0.206. The summed E-state index contributed by atoms with van der Waals surface area (Å²) >= 11 is 5.99. The quantitative estimate of drug-likeness (QED) is 0.786. The van der Waals surface area contributed by atoms with Crippen molar-refractivity contribution in [2.75, 3.05) is 33.7 Å². The molecule has 1 aromatic carbocycles. The van der Waals surface area contributed by atoms with Crippen molar-refractivity contribution in [3.63, 3.8) is 0 Å². The van der Waals surface area contributed by atoms with Crippen LogP contribution in [0.15, 0.2) is 23.1 Å². The molecule has 0 aliphatic carbocycles. The fourth-order valence-corrected chi connectivity index (χ4v) is 4.11. The Hall–Kier alpha value is -1.64. The summed E-state index contributed by atoms with van der Waals surface area (Å²) in [5, 5.41) is 2.79. The van der Waals surface area contributed by atoms with Gasteiger partial charge in [-0.05, 0) is 31.0 Å². The fourth-order valence-electron chi connectivity index (χ4n) is 2.72. The van der Waals surface area contributed by atoms with Crippen molar-refractivity contribution in [2.24, 2.45) is 0 Å². The topological polar surface area (TPSA) is 86.8 Å². The summed E-state index contributed by atoms with van der Waals surface area (Å²) in [6.07, 6.45) is 3.48. The Morgan fingerprint density at radius 2 is 2.00 bits per heavy atom. The Morgan fingerprint density at radius 1 is 1.27 bits per heavy atom. The molecule has 2 rings (SSSR count). The molecule has 0 unspecified atom stereocenters. The number of halogens is 1. The lowest BCUT2D eigenvalue weighted by atomic mass is 10.2. The lowest BCUT2D eigenvalue weighted by Gasteiger charge is -2.20. The minimum Gasteiger partial charge on any atom is -0.350 e. The number of likely N-dealkylation sites (tertiary alicyclic amines) is 1. The van der Waals surface area contributed by atoms with E-state index in [-0.39, 0.29) is 21.4 Å². The number of hydrogen-bond donors (Lipinski definition) is 1. The number of hydrogen-bond acceptors (Lipinski definition) is 4. The molecule has 2 amide bonds. The number of carbonyl (C=O) groups excluding carboxylic acids is 2. The Bertz CT molecular complexity index is 780. The van der Waals surface area contributed by atoms with Gasteiger partial charge in [-0.3, -0.25) is 9.59 Å². The average molecular weight is 402 g/mol. The van der Waals surface area contributed by atoms with Crippen LogP contribution in [0.1, 0.15) is 36.0 Å². The Kier molecular flexibility index (Phi) is 7.02. The van der Waals surface area contributed by atoms with Gasteiger partial charge in [-0.25, -0.2) is 12.7 Å². The number of carbonyl (C=O) groups is 2. The molecule has 1 aliphatic heterocycles. The highest BCUT2D eigenvalue weighted by Gasteiger charge is 2.22. The first-order valence-corrected chi connectivity index (χ1v) is 10.3. The van der Waals surface area contributed by atoms with E-state index < -0.39 is 15.9 Å². The highest BCUT2D eigenvalue weighted by Crippen LogP contribution is 2.24. The van der Waals surface area contributed by atoms with Crippen LogP contribution >= 0.6 is 11.6 Å². The molecule has 1 heterocycles. The van der Waals surface area contributed by atoms with Crippen molar-refractivity contribution in [2.45, 2.75) is 30.6 Å². The summed E-state index contributed by atoms with van der Waals surface area (Å²) < 4.78 is 25.6. The monoisotopic (exact) mass is 401 g/mol. The third-order valence-corrected chi connectivity index (χ3v) is 6.59. The molecule has 0 atom stereocenters. The van der Waals surface area contributed by atoms with E-state index in [1.54, 1.807) is 4.90 Å². The average Bonchev–Trinajstić information content (AvgIpc) is 2.79. The number of nitrogens with one attached hydrogen (secondary N) is 1. The highest BCUT2D eigenvalue weighted by molar-refractivity contribution is 7.89. The van der Waals surface area contributed by atoms with Crippen LogP contribution in [0.3, 0.4) is 0 Å². The molecule has 0 spiro atoms.